The van der Waals surface area contributed by atoms with Crippen molar-refractivity contribution in [2.24, 2.45) is 0 Å². The van der Waals surface area contributed by atoms with Gasteiger partial charge in [0.2, 0.25) is 5.43 Å². The summed E-state index contributed by atoms with van der Waals surface area (Å²) in [4.78, 5) is 37.9. The van der Waals surface area contributed by atoms with Gasteiger partial charge in [-0.1, -0.05) is 18.2 Å². The molecule has 0 bridgehead atoms. The highest BCUT2D eigenvalue weighted by Gasteiger charge is 2.68. The topological polar surface area (TPSA) is 105 Å². The lowest BCUT2D eigenvalue weighted by Gasteiger charge is -2.34. The van der Waals surface area contributed by atoms with Crippen molar-refractivity contribution < 1.29 is 36.1 Å². The molecule has 0 aliphatic heterocycles. The van der Waals surface area contributed by atoms with E-state index in [1.807, 2.05) is 0 Å². The van der Waals surface area contributed by atoms with E-state index in [2.05, 4.69) is 10.3 Å². The van der Waals surface area contributed by atoms with Gasteiger partial charge < -0.3 is 10.3 Å². The molecule has 174 valence electrons. The highest BCUT2D eigenvalue weighted by molar-refractivity contribution is 6.06. The number of nitro benzene ring substituents is 1. The van der Waals surface area contributed by atoms with Gasteiger partial charge in [0.1, 0.15) is 11.1 Å². The molecule has 3 aromatic rings. The van der Waals surface area contributed by atoms with Crippen molar-refractivity contribution in [2.75, 3.05) is 5.32 Å². The summed E-state index contributed by atoms with van der Waals surface area (Å²) in [6.45, 7) is 0.00833. The van der Waals surface area contributed by atoms with Gasteiger partial charge in [-0.05, 0) is 30.7 Å². The maximum atomic E-state index is 13.2. The fourth-order valence-electron chi connectivity index (χ4n) is 3.13. The average Bonchev–Trinajstić information content (AvgIpc) is 2.71. The van der Waals surface area contributed by atoms with E-state index in [1.54, 1.807) is 0 Å². The smallest absolute Gasteiger partial charge is 0.355 e. The Morgan fingerprint density at radius 1 is 1.00 bits per heavy atom. The maximum absolute atomic E-state index is 13.2. The van der Waals surface area contributed by atoms with Crippen molar-refractivity contribution in [2.45, 2.75) is 24.7 Å². The summed E-state index contributed by atoms with van der Waals surface area (Å²) in [6, 6.07) is 6.47. The summed E-state index contributed by atoms with van der Waals surface area (Å²) in [5.41, 5.74) is -7.24. The van der Waals surface area contributed by atoms with Crippen molar-refractivity contribution in [3.8, 4) is 0 Å². The fraction of sp³-hybridized carbons (Fsp3) is 0.200. The van der Waals surface area contributed by atoms with Crippen molar-refractivity contribution >= 4 is 28.2 Å². The molecular formula is C20H13F6N3O4. The van der Waals surface area contributed by atoms with Crippen molar-refractivity contribution in [1.82, 2.24) is 4.98 Å². The number of halogens is 6. The molecule has 0 unspecified atom stereocenters. The molecule has 0 aliphatic rings. The third-order valence-corrected chi connectivity index (χ3v) is 5.19. The Hall–Kier alpha value is -3.90. The Morgan fingerprint density at radius 2 is 1.58 bits per heavy atom. The Bertz CT molecular complexity index is 1280. The number of pyridine rings is 1. The minimum absolute atomic E-state index is 0.00833. The van der Waals surface area contributed by atoms with Gasteiger partial charge in [-0.2, -0.15) is 26.3 Å². The van der Waals surface area contributed by atoms with Crippen molar-refractivity contribution in [3.63, 3.8) is 0 Å². The van der Waals surface area contributed by atoms with E-state index in [9.17, 15) is 46.0 Å². The second-order valence-electron chi connectivity index (χ2n) is 7.14. The number of carbonyl (C=O) groups is 1. The summed E-state index contributed by atoms with van der Waals surface area (Å²) in [6.07, 6.45) is -10.3. The summed E-state index contributed by atoms with van der Waals surface area (Å²) in [5, 5.41) is 13.1. The lowest BCUT2D eigenvalue weighted by Crippen LogP contribution is -2.51. The molecule has 1 amide bonds. The number of carbonyl (C=O) groups excluding carboxylic acids is 1. The van der Waals surface area contributed by atoms with E-state index in [-0.39, 0.29) is 23.5 Å². The highest BCUT2D eigenvalue weighted by atomic mass is 19.4. The number of aromatic nitrogens is 1. The van der Waals surface area contributed by atoms with Crippen LogP contribution in [0.1, 0.15) is 22.8 Å². The van der Waals surface area contributed by atoms with Crippen LogP contribution in [0.25, 0.3) is 10.9 Å². The zero-order valence-corrected chi connectivity index (χ0v) is 16.5. The van der Waals surface area contributed by atoms with E-state index in [0.717, 1.165) is 24.4 Å². The number of non-ortho nitro benzene ring substituents is 1. The normalized spacial score (nSPS) is 12.6. The zero-order valence-electron chi connectivity index (χ0n) is 16.5. The molecule has 2 N–H and O–H groups in total. The molecule has 1 aromatic heterocycles. The van der Waals surface area contributed by atoms with Crippen LogP contribution in [-0.4, -0.2) is 28.2 Å². The number of benzene rings is 2. The first-order valence-corrected chi connectivity index (χ1v) is 9.02. The third-order valence-electron chi connectivity index (χ3n) is 5.19. The number of hydrogen-bond acceptors (Lipinski definition) is 4. The average molecular weight is 473 g/mol. The molecule has 0 saturated carbocycles. The van der Waals surface area contributed by atoms with E-state index in [4.69, 9.17) is 0 Å². The number of fused-ring (bicyclic) bond motifs is 1. The SMILES string of the molecule is CC(c1ccc(NC(=O)c2c[nH]c3c([N+](=O)[O-])cccc3c2=O)cc1)(C(F)(F)F)C(F)(F)F. The van der Waals surface area contributed by atoms with E-state index in [0.29, 0.717) is 12.1 Å². The number of alkyl halides is 6. The number of nitro groups is 1. The Labute approximate surface area is 180 Å². The minimum atomic E-state index is -5.63. The molecule has 0 atom stereocenters. The van der Waals surface area contributed by atoms with Crippen LogP contribution in [0.5, 0.6) is 0 Å². The van der Waals surface area contributed by atoms with Gasteiger partial charge >= 0.3 is 12.4 Å². The Morgan fingerprint density at radius 3 is 2.09 bits per heavy atom. The Kier molecular flexibility index (Phi) is 5.69. The maximum Gasteiger partial charge on any atom is 0.406 e. The first-order chi connectivity index (χ1) is 15.2. The lowest BCUT2D eigenvalue weighted by atomic mass is 9.81. The minimum Gasteiger partial charge on any atom is -0.355 e. The first kappa shape index (κ1) is 23.8. The van der Waals surface area contributed by atoms with Gasteiger partial charge in [-0.3, -0.25) is 19.7 Å². The van der Waals surface area contributed by atoms with E-state index in [1.165, 1.54) is 12.1 Å². The van der Waals surface area contributed by atoms with Gasteiger partial charge in [-0.15, -0.1) is 0 Å². The third kappa shape index (κ3) is 4.01. The van der Waals surface area contributed by atoms with Crippen LogP contribution in [0.4, 0.5) is 37.7 Å². The van der Waals surface area contributed by atoms with E-state index >= 15 is 0 Å². The summed E-state index contributed by atoms with van der Waals surface area (Å²) in [5.74, 6) is -1.02. The van der Waals surface area contributed by atoms with Crippen LogP contribution < -0.4 is 10.7 Å². The van der Waals surface area contributed by atoms with Crippen LogP contribution in [0.2, 0.25) is 0 Å². The van der Waals surface area contributed by atoms with Gasteiger partial charge in [0.05, 0.1) is 10.3 Å². The number of para-hydroxylation sites is 1. The number of nitrogens with one attached hydrogen (secondary N) is 2. The molecule has 7 nitrogen and oxygen atoms in total. The number of anilines is 1. The monoisotopic (exact) mass is 473 g/mol. The summed E-state index contributed by atoms with van der Waals surface area (Å²) in [7, 11) is 0. The van der Waals surface area contributed by atoms with Crippen LogP contribution >= 0.6 is 0 Å². The number of hydrogen-bond donors (Lipinski definition) is 2. The molecule has 0 saturated heterocycles. The first-order valence-electron chi connectivity index (χ1n) is 9.02. The summed E-state index contributed by atoms with van der Waals surface area (Å²) < 4.78 is 79.2. The zero-order chi connectivity index (χ0) is 24.8. The molecule has 1 heterocycles. The van der Waals surface area contributed by atoms with Gasteiger partial charge in [0.15, 0.2) is 5.41 Å². The molecule has 2 aromatic carbocycles. The predicted molar refractivity (Wildman–Crippen MR) is 105 cm³/mol. The predicted octanol–water partition coefficient (Wildman–Crippen LogP) is 5.07. The lowest BCUT2D eigenvalue weighted by molar-refractivity contribution is -0.383. The van der Waals surface area contributed by atoms with Gasteiger partial charge in [0.25, 0.3) is 11.6 Å². The number of amides is 1. The number of aromatic amines is 1. The largest absolute Gasteiger partial charge is 0.406 e. The van der Waals surface area contributed by atoms with Gasteiger partial charge in [-0.25, -0.2) is 0 Å². The fourth-order valence-corrected chi connectivity index (χ4v) is 3.13. The molecule has 0 fully saturated rings. The molecule has 3 rings (SSSR count). The number of rotatable bonds is 4. The van der Waals surface area contributed by atoms with Crippen molar-refractivity contribution in [3.05, 3.63) is 80.1 Å². The van der Waals surface area contributed by atoms with E-state index < -0.39 is 50.8 Å². The molecule has 0 aliphatic carbocycles. The highest BCUT2D eigenvalue weighted by Crippen LogP contribution is 2.51. The van der Waals surface area contributed by atoms with Gasteiger partial charge in [0, 0.05) is 18.0 Å². The van der Waals surface area contributed by atoms with Crippen LogP contribution in [-0.2, 0) is 5.41 Å². The summed E-state index contributed by atoms with van der Waals surface area (Å²) >= 11 is 0. The van der Waals surface area contributed by atoms with Crippen LogP contribution in [0.15, 0.2) is 53.5 Å². The molecule has 0 spiro atoms. The second kappa shape index (κ2) is 7.90. The number of H-pyrrole nitrogens is 1. The van der Waals surface area contributed by atoms with Crippen LogP contribution in [0, 0.1) is 10.1 Å². The van der Waals surface area contributed by atoms with Crippen molar-refractivity contribution in [1.29, 1.82) is 0 Å². The Balaban J connectivity index is 1.93. The molecule has 13 heteroatoms. The number of nitrogens with zero attached hydrogens (tertiary/aromatic N) is 1. The molecular weight excluding hydrogens is 460 g/mol. The van der Waals surface area contributed by atoms with Crippen LogP contribution in [0.3, 0.4) is 0 Å². The molecule has 33 heavy (non-hydrogen) atoms. The standard InChI is InChI=1S/C20H13F6N3O4/c1-18(19(21,22)23,20(24,25)26)10-5-7-11(8-6-10)28-17(31)13-9-27-15-12(16(13)30)3-2-4-14(15)29(32)33/h2-9H,1H3,(H,27,30)(H,28,31). The second-order valence-corrected chi connectivity index (χ2v) is 7.14. The molecule has 0 radical (unpaired) electrons. The quantitative estimate of drug-likeness (QED) is 0.314.